The van der Waals surface area contributed by atoms with Gasteiger partial charge in [0.05, 0.1) is 0 Å². The molecule has 1 fully saturated rings. The first-order valence-corrected chi connectivity index (χ1v) is 8.17. The van der Waals surface area contributed by atoms with Crippen LogP contribution in [0.1, 0.15) is 46.6 Å². The van der Waals surface area contributed by atoms with Crippen molar-refractivity contribution in [1.29, 1.82) is 0 Å². The number of nitrogens with zero attached hydrogens (tertiary/aromatic N) is 2. The van der Waals surface area contributed by atoms with Gasteiger partial charge in [-0.25, -0.2) is 4.79 Å². The molecule has 128 valence electrons. The van der Waals surface area contributed by atoms with Gasteiger partial charge in [0.1, 0.15) is 11.6 Å². The van der Waals surface area contributed by atoms with Crippen molar-refractivity contribution >= 4 is 12.0 Å². The van der Waals surface area contributed by atoms with Crippen molar-refractivity contribution in [2.24, 2.45) is 0 Å². The fraction of sp³-hybridized carbons (Fsp3) is 0.647. The molecule has 0 radical (unpaired) electrons. The average molecular weight is 321 g/mol. The van der Waals surface area contributed by atoms with E-state index >= 15 is 0 Å². The van der Waals surface area contributed by atoms with Crippen molar-refractivity contribution in [3.8, 4) is 0 Å². The van der Waals surface area contributed by atoms with Crippen LogP contribution in [0.4, 0.5) is 4.79 Å². The third-order valence-corrected chi connectivity index (χ3v) is 3.89. The maximum absolute atomic E-state index is 12.6. The first-order valence-electron chi connectivity index (χ1n) is 8.17. The first-order chi connectivity index (χ1) is 10.8. The van der Waals surface area contributed by atoms with Crippen LogP contribution in [-0.4, -0.2) is 46.2 Å². The van der Waals surface area contributed by atoms with E-state index < -0.39 is 11.7 Å². The summed E-state index contributed by atoms with van der Waals surface area (Å²) in [5.74, 6) is 0.0805. The van der Waals surface area contributed by atoms with E-state index in [0.717, 1.165) is 19.4 Å². The molecule has 0 bridgehead atoms. The van der Waals surface area contributed by atoms with Crippen molar-refractivity contribution in [2.45, 2.75) is 58.2 Å². The molecule has 1 aromatic heterocycles. The fourth-order valence-electron chi connectivity index (χ4n) is 2.77. The van der Waals surface area contributed by atoms with Gasteiger partial charge in [0.2, 0.25) is 5.91 Å². The normalized spacial score (nSPS) is 20.0. The lowest BCUT2D eigenvalue weighted by atomic mass is 10.0. The molecule has 0 aliphatic carbocycles. The lowest BCUT2D eigenvalue weighted by Gasteiger charge is -2.35. The smallest absolute Gasteiger partial charge is 0.407 e. The van der Waals surface area contributed by atoms with Gasteiger partial charge in [-0.15, -0.1) is 0 Å². The molecular weight excluding hydrogens is 294 g/mol. The number of likely N-dealkylation sites (tertiary alicyclic amines) is 1. The molecule has 1 aliphatic rings. The van der Waals surface area contributed by atoms with Gasteiger partial charge in [-0.1, -0.05) is 0 Å². The highest BCUT2D eigenvalue weighted by atomic mass is 16.6. The van der Waals surface area contributed by atoms with Crippen molar-refractivity contribution in [2.75, 3.05) is 13.1 Å². The first kappa shape index (κ1) is 17.4. The SMILES string of the molecule is CC(C(=O)N1CCC[C@@H](NC(=O)OC(C)(C)C)C1)n1cccc1. The van der Waals surface area contributed by atoms with Crippen molar-refractivity contribution in [3.05, 3.63) is 24.5 Å². The Morgan fingerprint density at radius 2 is 1.91 bits per heavy atom. The van der Waals surface area contributed by atoms with Crippen LogP contribution in [-0.2, 0) is 9.53 Å². The number of ether oxygens (including phenoxy) is 1. The third-order valence-electron chi connectivity index (χ3n) is 3.89. The Kier molecular flexibility index (Phi) is 5.34. The minimum atomic E-state index is -0.517. The Labute approximate surface area is 137 Å². The number of carbonyl (C=O) groups excluding carboxylic acids is 2. The molecule has 1 N–H and O–H groups in total. The summed E-state index contributed by atoms with van der Waals surface area (Å²) < 4.78 is 7.18. The summed E-state index contributed by atoms with van der Waals surface area (Å²) in [6.45, 7) is 8.67. The summed E-state index contributed by atoms with van der Waals surface area (Å²) in [6.07, 6.45) is 5.10. The van der Waals surface area contributed by atoms with Crippen LogP contribution < -0.4 is 5.32 Å². The zero-order valence-corrected chi connectivity index (χ0v) is 14.4. The minimum absolute atomic E-state index is 0.0561. The summed E-state index contributed by atoms with van der Waals surface area (Å²) in [4.78, 5) is 26.3. The van der Waals surface area contributed by atoms with Gasteiger partial charge in [-0.05, 0) is 52.7 Å². The molecule has 23 heavy (non-hydrogen) atoms. The van der Waals surface area contributed by atoms with Gasteiger partial charge in [0, 0.05) is 31.5 Å². The van der Waals surface area contributed by atoms with Gasteiger partial charge < -0.3 is 19.5 Å². The Morgan fingerprint density at radius 3 is 2.52 bits per heavy atom. The van der Waals surface area contributed by atoms with Crippen LogP contribution in [0, 0.1) is 0 Å². The van der Waals surface area contributed by atoms with E-state index in [2.05, 4.69) is 5.32 Å². The van der Waals surface area contributed by atoms with Gasteiger partial charge in [0.15, 0.2) is 0 Å². The van der Waals surface area contributed by atoms with Crippen LogP contribution in [0.15, 0.2) is 24.5 Å². The lowest BCUT2D eigenvalue weighted by molar-refractivity contribution is -0.135. The molecule has 2 atom stereocenters. The number of hydrogen-bond acceptors (Lipinski definition) is 3. The van der Waals surface area contributed by atoms with E-state index in [9.17, 15) is 9.59 Å². The number of nitrogens with one attached hydrogen (secondary N) is 1. The summed E-state index contributed by atoms with van der Waals surface area (Å²) in [7, 11) is 0. The van der Waals surface area contributed by atoms with E-state index in [0.29, 0.717) is 6.54 Å². The number of carbonyl (C=O) groups is 2. The number of hydrogen-bond donors (Lipinski definition) is 1. The van der Waals surface area contributed by atoms with Crippen molar-refractivity contribution < 1.29 is 14.3 Å². The van der Waals surface area contributed by atoms with E-state index in [4.69, 9.17) is 4.74 Å². The summed E-state index contributed by atoms with van der Waals surface area (Å²) in [5, 5.41) is 2.87. The average Bonchev–Trinajstić information content (AvgIpc) is 2.98. The summed E-state index contributed by atoms with van der Waals surface area (Å²) in [5.41, 5.74) is -0.517. The highest BCUT2D eigenvalue weighted by Crippen LogP contribution is 2.17. The molecule has 2 amide bonds. The van der Waals surface area contributed by atoms with Gasteiger partial charge in [0.25, 0.3) is 0 Å². The lowest BCUT2D eigenvalue weighted by Crippen LogP contribution is -2.51. The quantitative estimate of drug-likeness (QED) is 0.930. The Bertz CT molecular complexity index is 534. The third kappa shape index (κ3) is 5.01. The number of aromatic nitrogens is 1. The molecule has 6 heteroatoms. The topological polar surface area (TPSA) is 63.6 Å². The Morgan fingerprint density at radius 1 is 1.26 bits per heavy atom. The highest BCUT2D eigenvalue weighted by Gasteiger charge is 2.29. The van der Waals surface area contributed by atoms with Crippen molar-refractivity contribution in [1.82, 2.24) is 14.8 Å². The van der Waals surface area contributed by atoms with E-state index in [1.807, 2.05) is 61.7 Å². The molecular formula is C17H27N3O3. The molecule has 0 saturated carbocycles. The van der Waals surface area contributed by atoms with Crippen LogP contribution in [0.25, 0.3) is 0 Å². The Hall–Kier alpha value is -1.98. The molecule has 1 saturated heterocycles. The monoisotopic (exact) mass is 321 g/mol. The standard InChI is InChI=1S/C17H27N3O3/c1-13(19-9-5-6-10-19)15(21)20-11-7-8-14(12-20)18-16(22)23-17(2,3)4/h5-6,9-10,13-14H,7-8,11-12H2,1-4H3,(H,18,22)/t13?,14-/m1/s1. The molecule has 1 aliphatic heterocycles. The molecule has 1 aromatic rings. The molecule has 0 spiro atoms. The molecule has 2 rings (SSSR count). The Balaban J connectivity index is 1.90. The maximum Gasteiger partial charge on any atom is 0.407 e. The minimum Gasteiger partial charge on any atom is -0.444 e. The second-order valence-electron chi connectivity index (χ2n) is 7.08. The number of amides is 2. The fourth-order valence-corrected chi connectivity index (χ4v) is 2.77. The van der Waals surface area contributed by atoms with Crippen LogP contribution in [0.2, 0.25) is 0 Å². The highest BCUT2D eigenvalue weighted by molar-refractivity contribution is 5.80. The van der Waals surface area contributed by atoms with E-state index in [1.54, 1.807) is 0 Å². The van der Waals surface area contributed by atoms with Crippen LogP contribution in [0.5, 0.6) is 0 Å². The van der Waals surface area contributed by atoms with Crippen LogP contribution >= 0.6 is 0 Å². The second-order valence-corrected chi connectivity index (χ2v) is 7.08. The molecule has 1 unspecified atom stereocenters. The number of alkyl carbamates (subject to hydrolysis) is 1. The predicted molar refractivity (Wildman–Crippen MR) is 88.1 cm³/mol. The van der Waals surface area contributed by atoms with E-state index in [1.165, 1.54) is 0 Å². The van der Waals surface area contributed by atoms with E-state index in [-0.39, 0.29) is 18.0 Å². The second kappa shape index (κ2) is 7.06. The van der Waals surface area contributed by atoms with Crippen LogP contribution in [0.3, 0.4) is 0 Å². The van der Waals surface area contributed by atoms with Gasteiger partial charge in [-0.2, -0.15) is 0 Å². The zero-order chi connectivity index (χ0) is 17.0. The van der Waals surface area contributed by atoms with Gasteiger partial charge in [-0.3, -0.25) is 4.79 Å². The number of piperidine rings is 1. The summed E-state index contributed by atoms with van der Waals surface area (Å²) >= 11 is 0. The largest absolute Gasteiger partial charge is 0.444 e. The molecule has 0 aromatic carbocycles. The molecule has 6 nitrogen and oxygen atoms in total. The summed E-state index contributed by atoms with van der Waals surface area (Å²) in [6, 6.07) is 3.53. The number of rotatable bonds is 3. The van der Waals surface area contributed by atoms with Gasteiger partial charge >= 0.3 is 6.09 Å². The predicted octanol–water partition coefficient (Wildman–Crippen LogP) is 2.56. The molecule has 2 heterocycles. The van der Waals surface area contributed by atoms with Crippen molar-refractivity contribution in [3.63, 3.8) is 0 Å². The zero-order valence-electron chi connectivity index (χ0n) is 14.4. The maximum atomic E-state index is 12.6.